The molecule has 1 fully saturated rings. The SMILES string of the molecule is CCOc1ccc(-n2c(SCC(=O)N3CCOC(C)C3)nc3ccccc32)cc1. The van der Waals surface area contributed by atoms with Crippen LogP contribution in [0.3, 0.4) is 0 Å². The molecular weight excluding hydrogens is 386 g/mol. The van der Waals surface area contributed by atoms with Crippen LogP contribution in [-0.4, -0.2) is 58.5 Å². The molecule has 0 N–H and O–H groups in total. The first kappa shape index (κ1) is 19.8. The van der Waals surface area contributed by atoms with E-state index in [1.807, 2.05) is 67.3 Å². The average Bonchev–Trinajstić information content (AvgIpc) is 3.11. The molecular formula is C22H25N3O3S. The highest BCUT2D eigenvalue weighted by Crippen LogP contribution is 2.29. The Morgan fingerprint density at radius 2 is 2.03 bits per heavy atom. The molecule has 7 heteroatoms. The van der Waals surface area contributed by atoms with Crippen LogP contribution in [0.2, 0.25) is 0 Å². The lowest BCUT2D eigenvalue weighted by atomic mass is 10.2. The third-order valence-corrected chi connectivity index (χ3v) is 5.78. The van der Waals surface area contributed by atoms with Crippen LogP contribution in [0, 0.1) is 0 Å². The highest BCUT2D eigenvalue weighted by molar-refractivity contribution is 7.99. The summed E-state index contributed by atoms with van der Waals surface area (Å²) in [5.74, 6) is 1.31. The molecule has 29 heavy (non-hydrogen) atoms. The van der Waals surface area contributed by atoms with Crippen molar-refractivity contribution in [1.29, 1.82) is 0 Å². The number of morpholine rings is 1. The summed E-state index contributed by atoms with van der Waals surface area (Å²) < 4.78 is 13.2. The fourth-order valence-corrected chi connectivity index (χ4v) is 4.40. The second-order valence-electron chi connectivity index (χ2n) is 6.96. The Hall–Kier alpha value is -2.51. The Labute approximate surface area is 174 Å². The molecule has 4 rings (SSSR count). The van der Waals surface area contributed by atoms with Crippen LogP contribution in [0.15, 0.2) is 53.7 Å². The highest BCUT2D eigenvalue weighted by Gasteiger charge is 2.22. The summed E-state index contributed by atoms with van der Waals surface area (Å²) in [4.78, 5) is 19.4. The summed E-state index contributed by atoms with van der Waals surface area (Å²) in [6, 6.07) is 16.0. The van der Waals surface area contributed by atoms with E-state index in [1.165, 1.54) is 11.8 Å². The van der Waals surface area contributed by atoms with Gasteiger partial charge in [-0.1, -0.05) is 23.9 Å². The van der Waals surface area contributed by atoms with Crippen LogP contribution < -0.4 is 4.74 Å². The van der Waals surface area contributed by atoms with Crippen LogP contribution in [0.4, 0.5) is 0 Å². The van der Waals surface area contributed by atoms with Crippen molar-refractivity contribution in [3.8, 4) is 11.4 Å². The van der Waals surface area contributed by atoms with Crippen molar-refractivity contribution in [2.75, 3.05) is 32.1 Å². The molecule has 3 aromatic rings. The van der Waals surface area contributed by atoms with E-state index in [-0.39, 0.29) is 12.0 Å². The third kappa shape index (κ3) is 4.41. The van der Waals surface area contributed by atoms with Gasteiger partial charge in [0.2, 0.25) is 5.91 Å². The smallest absolute Gasteiger partial charge is 0.233 e. The van der Waals surface area contributed by atoms with Crippen LogP contribution in [0.1, 0.15) is 13.8 Å². The van der Waals surface area contributed by atoms with Gasteiger partial charge in [0.15, 0.2) is 5.16 Å². The molecule has 0 radical (unpaired) electrons. The van der Waals surface area contributed by atoms with Gasteiger partial charge in [0.05, 0.1) is 36.1 Å². The molecule has 2 heterocycles. The van der Waals surface area contributed by atoms with Crippen LogP contribution >= 0.6 is 11.8 Å². The lowest BCUT2D eigenvalue weighted by Gasteiger charge is -2.31. The topological polar surface area (TPSA) is 56.6 Å². The number of ether oxygens (including phenoxy) is 2. The molecule has 0 bridgehead atoms. The van der Waals surface area contributed by atoms with E-state index in [1.54, 1.807) is 0 Å². The molecule has 0 saturated carbocycles. The van der Waals surface area contributed by atoms with E-state index in [9.17, 15) is 4.79 Å². The fourth-order valence-electron chi connectivity index (χ4n) is 3.47. The number of rotatable bonds is 6. The van der Waals surface area contributed by atoms with Gasteiger partial charge < -0.3 is 14.4 Å². The maximum atomic E-state index is 12.7. The summed E-state index contributed by atoms with van der Waals surface area (Å²) in [5, 5.41) is 0.810. The molecule has 1 aliphatic rings. The minimum Gasteiger partial charge on any atom is -0.494 e. The van der Waals surface area contributed by atoms with Crippen LogP contribution in [0.5, 0.6) is 5.75 Å². The molecule has 1 aromatic heterocycles. The number of carbonyl (C=O) groups excluding carboxylic acids is 1. The normalized spacial score (nSPS) is 16.9. The standard InChI is InChI=1S/C22H25N3O3S/c1-3-27-18-10-8-17(9-11-18)25-20-7-5-4-6-19(20)23-22(25)29-15-21(26)24-12-13-28-16(2)14-24/h4-11,16H,3,12-15H2,1-2H3. The summed E-state index contributed by atoms with van der Waals surface area (Å²) >= 11 is 1.47. The second-order valence-corrected chi connectivity index (χ2v) is 7.90. The summed E-state index contributed by atoms with van der Waals surface area (Å²) in [7, 11) is 0. The number of para-hydroxylation sites is 2. The molecule has 1 amide bonds. The number of benzene rings is 2. The van der Waals surface area contributed by atoms with Gasteiger partial charge in [0.25, 0.3) is 0 Å². The summed E-state index contributed by atoms with van der Waals surface area (Å²) in [6.45, 7) is 6.50. The fraction of sp³-hybridized carbons (Fsp3) is 0.364. The van der Waals surface area contributed by atoms with Crippen LogP contribution in [0.25, 0.3) is 16.7 Å². The molecule has 152 valence electrons. The van der Waals surface area contributed by atoms with E-state index in [2.05, 4.69) is 4.57 Å². The van der Waals surface area contributed by atoms with E-state index >= 15 is 0 Å². The van der Waals surface area contributed by atoms with Gasteiger partial charge in [0.1, 0.15) is 5.75 Å². The Morgan fingerprint density at radius 3 is 2.79 bits per heavy atom. The Bertz CT molecular complexity index is 987. The quantitative estimate of drug-likeness (QED) is 0.578. The summed E-state index contributed by atoms with van der Waals surface area (Å²) in [5.41, 5.74) is 2.93. The largest absolute Gasteiger partial charge is 0.494 e. The predicted molar refractivity (Wildman–Crippen MR) is 115 cm³/mol. The zero-order valence-electron chi connectivity index (χ0n) is 16.7. The zero-order chi connectivity index (χ0) is 20.2. The minimum atomic E-state index is 0.0890. The van der Waals surface area contributed by atoms with Crippen molar-refractivity contribution in [2.24, 2.45) is 0 Å². The van der Waals surface area contributed by atoms with Gasteiger partial charge in [-0.2, -0.15) is 0 Å². The van der Waals surface area contributed by atoms with Crippen molar-refractivity contribution >= 4 is 28.7 Å². The first-order valence-electron chi connectivity index (χ1n) is 9.88. The van der Waals surface area contributed by atoms with Gasteiger partial charge in [-0.3, -0.25) is 9.36 Å². The number of thioether (sulfide) groups is 1. The first-order valence-corrected chi connectivity index (χ1v) is 10.9. The van der Waals surface area contributed by atoms with Crippen molar-refractivity contribution < 1.29 is 14.3 Å². The van der Waals surface area contributed by atoms with E-state index in [0.717, 1.165) is 27.6 Å². The summed E-state index contributed by atoms with van der Waals surface area (Å²) in [6.07, 6.45) is 0.0890. The predicted octanol–water partition coefficient (Wildman–Crippen LogP) is 3.76. The molecule has 1 atom stereocenters. The lowest BCUT2D eigenvalue weighted by molar-refractivity contribution is -0.135. The molecule has 0 aliphatic carbocycles. The first-order chi connectivity index (χ1) is 14.2. The minimum absolute atomic E-state index is 0.0890. The third-order valence-electron chi connectivity index (χ3n) is 4.85. The lowest BCUT2D eigenvalue weighted by Crippen LogP contribution is -2.45. The number of hydrogen-bond donors (Lipinski definition) is 0. The molecule has 6 nitrogen and oxygen atoms in total. The maximum Gasteiger partial charge on any atom is 0.233 e. The van der Waals surface area contributed by atoms with Crippen LogP contribution in [-0.2, 0) is 9.53 Å². The van der Waals surface area contributed by atoms with Gasteiger partial charge in [-0.05, 0) is 50.2 Å². The molecule has 1 saturated heterocycles. The number of amides is 1. The highest BCUT2D eigenvalue weighted by atomic mass is 32.2. The number of aromatic nitrogens is 2. The maximum absolute atomic E-state index is 12.7. The van der Waals surface area contributed by atoms with Gasteiger partial charge >= 0.3 is 0 Å². The van der Waals surface area contributed by atoms with Gasteiger partial charge in [0, 0.05) is 18.8 Å². The number of nitrogens with zero attached hydrogens (tertiary/aromatic N) is 3. The van der Waals surface area contributed by atoms with E-state index in [0.29, 0.717) is 32.1 Å². The van der Waals surface area contributed by atoms with Crippen molar-refractivity contribution in [3.05, 3.63) is 48.5 Å². The number of fused-ring (bicyclic) bond motifs is 1. The van der Waals surface area contributed by atoms with Gasteiger partial charge in [-0.25, -0.2) is 4.98 Å². The van der Waals surface area contributed by atoms with Crippen molar-refractivity contribution in [2.45, 2.75) is 25.1 Å². The number of hydrogen-bond acceptors (Lipinski definition) is 5. The molecule has 1 aliphatic heterocycles. The second kappa shape index (κ2) is 8.88. The Morgan fingerprint density at radius 1 is 1.24 bits per heavy atom. The Balaban J connectivity index is 1.59. The van der Waals surface area contributed by atoms with Gasteiger partial charge in [-0.15, -0.1) is 0 Å². The zero-order valence-corrected chi connectivity index (χ0v) is 17.5. The Kier molecular flexibility index (Phi) is 6.06. The number of carbonyl (C=O) groups is 1. The molecule has 2 aromatic carbocycles. The van der Waals surface area contributed by atoms with Crippen molar-refractivity contribution in [1.82, 2.24) is 14.5 Å². The monoisotopic (exact) mass is 411 g/mol. The molecule has 1 unspecified atom stereocenters. The molecule has 0 spiro atoms. The van der Waals surface area contributed by atoms with Crippen molar-refractivity contribution in [3.63, 3.8) is 0 Å². The van der Waals surface area contributed by atoms with E-state index in [4.69, 9.17) is 14.5 Å². The average molecular weight is 412 g/mol. The van der Waals surface area contributed by atoms with E-state index < -0.39 is 0 Å². The number of imidazole rings is 1.